The van der Waals surface area contributed by atoms with Crippen molar-refractivity contribution in [2.75, 3.05) is 32.8 Å². The van der Waals surface area contributed by atoms with Gasteiger partial charge in [-0.2, -0.15) is 0 Å². The van der Waals surface area contributed by atoms with Crippen molar-refractivity contribution in [3.05, 3.63) is 0 Å². The van der Waals surface area contributed by atoms with Crippen LogP contribution >= 0.6 is 0 Å². The fourth-order valence-corrected chi connectivity index (χ4v) is 1.57. The average molecular weight is 202 g/mol. The molecule has 0 aromatic heterocycles. The number of nitrogens with zero attached hydrogens (tertiary/aromatic N) is 1. The number of hydrogen-bond acceptors (Lipinski definition) is 4. The van der Waals surface area contributed by atoms with Crippen molar-refractivity contribution < 1.29 is 14.6 Å². The second kappa shape index (κ2) is 5.95. The van der Waals surface area contributed by atoms with Crippen molar-refractivity contribution in [1.82, 2.24) is 10.2 Å². The second-order valence-corrected chi connectivity index (χ2v) is 3.39. The standard InChI is InChI=1S/C9H18N2O3/c1-2-4-11(7-9(12)13)8-6-10-3-5-14-8/h8,10H,2-7H2,1H3,(H,12,13). The highest BCUT2D eigenvalue weighted by molar-refractivity contribution is 5.69. The molecule has 0 amide bonds. The molecule has 1 aliphatic rings. The predicted octanol–water partition coefficient (Wildman–Crippen LogP) is -0.271. The number of morpholine rings is 1. The summed E-state index contributed by atoms with van der Waals surface area (Å²) >= 11 is 0. The molecule has 1 aliphatic heterocycles. The maximum Gasteiger partial charge on any atom is 0.317 e. The zero-order chi connectivity index (χ0) is 10.4. The van der Waals surface area contributed by atoms with Crippen LogP contribution in [0.4, 0.5) is 0 Å². The molecule has 0 bridgehead atoms. The SMILES string of the molecule is CCCN(CC(=O)O)C1CNCCO1. The number of nitrogens with one attached hydrogen (secondary N) is 1. The Morgan fingerprint density at radius 1 is 1.71 bits per heavy atom. The molecule has 0 radical (unpaired) electrons. The summed E-state index contributed by atoms with van der Waals surface area (Å²) in [6.45, 7) is 5.07. The summed E-state index contributed by atoms with van der Waals surface area (Å²) in [5.41, 5.74) is 0. The Balaban J connectivity index is 2.42. The first-order chi connectivity index (χ1) is 6.74. The average Bonchev–Trinajstić information content (AvgIpc) is 2.18. The highest BCUT2D eigenvalue weighted by Crippen LogP contribution is 2.04. The highest BCUT2D eigenvalue weighted by atomic mass is 16.5. The molecule has 1 saturated heterocycles. The first-order valence-corrected chi connectivity index (χ1v) is 5.02. The van der Waals surface area contributed by atoms with Crippen LogP contribution in [0.1, 0.15) is 13.3 Å². The molecule has 0 aromatic rings. The predicted molar refractivity (Wildman–Crippen MR) is 52.1 cm³/mol. The van der Waals surface area contributed by atoms with Gasteiger partial charge in [-0.3, -0.25) is 9.69 Å². The van der Waals surface area contributed by atoms with Crippen molar-refractivity contribution in [3.63, 3.8) is 0 Å². The maximum absolute atomic E-state index is 10.6. The molecule has 1 rings (SSSR count). The van der Waals surface area contributed by atoms with Gasteiger partial charge in [0, 0.05) is 19.6 Å². The molecule has 2 N–H and O–H groups in total. The Morgan fingerprint density at radius 2 is 2.50 bits per heavy atom. The molecular formula is C9H18N2O3. The molecule has 0 aliphatic carbocycles. The number of carboxylic acid groups (broad SMARTS) is 1. The smallest absolute Gasteiger partial charge is 0.317 e. The van der Waals surface area contributed by atoms with Crippen LogP contribution in [-0.2, 0) is 9.53 Å². The van der Waals surface area contributed by atoms with E-state index in [2.05, 4.69) is 5.32 Å². The first-order valence-electron chi connectivity index (χ1n) is 5.02. The Kier molecular flexibility index (Phi) is 4.86. The van der Waals surface area contributed by atoms with Crippen molar-refractivity contribution in [2.45, 2.75) is 19.6 Å². The number of rotatable bonds is 5. The summed E-state index contributed by atoms with van der Waals surface area (Å²) in [7, 11) is 0. The first kappa shape index (κ1) is 11.4. The van der Waals surface area contributed by atoms with E-state index in [0.29, 0.717) is 13.2 Å². The Bertz CT molecular complexity index is 181. The van der Waals surface area contributed by atoms with E-state index in [9.17, 15) is 4.79 Å². The molecule has 1 unspecified atom stereocenters. The van der Waals surface area contributed by atoms with E-state index < -0.39 is 5.97 Å². The summed E-state index contributed by atoms with van der Waals surface area (Å²) in [4.78, 5) is 12.5. The Hall–Kier alpha value is -0.650. The normalized spacial score (nSPS) is 22.6. The van der Waals surface area contributed by atoms with E-state index in [1.54, 1.807) is 0 Å². The zero-order valence-corrected chi connectivity index (χ0v) is 8.53. The van der Waals surface area contributed by atoms with Gasteiger partial charge in [-0.1, -0.05) is 6.92 Å². The van der Waals surface area contributed by atoms with Gasteiger partial charge in [0.2, 0.25) is 0 Å². The lowest BCUT2D eigenvalue weighted by molar-refractivity contribution is -0.144. The monoisotopic (exact) mass is 202 g/mol. The third-order valence-corrected chi connectivity index (χ3v) is 2.16. The van der Waals surface area contributed by atoms with Crippen LogP contribution in [0, 0.1) is 0 Å². The summed E-state index contributed by atoms with van der Waals surface area (Å²) < 4.78 is 5.49. The number of aliphatic carboxylic acids is 1. The molecule has 5 heteroatoms. The van der Waals surface area contributed by atoms with E-state index in [1.165, 1.54) is 0 Å². The third kappa shape index (κ3) is 3.61. The van der Waals surface area contributed by atoms with E-state index in [-0.39, 0.29) is 12.8 Å². The van der Waals surface area contributed by atoms with Gasteiger partial charge in [0.25, 0.3) is 0 Å². The fraction of sp³-hybridized carbons (Fsp3) is 0.889. The molecule has 5 nitrogen and oxygen atoms in total. The number of ether oxygens (including phenoxy) is 1. The summed E-state index contributed by atoms with van der Waals surface area (Å²) in [5.74, 6) is -0.798. The van der Waals surface area contributed by atoms with E-state index in [4.69, 9.17) is 9.84 Å². The number of carboxylic acids is 1. The molecule has 82 valence electrons. The van der Waals surface area contributed by atoms with Crippen LogP contribution in [0.2, 0.25) is 0 Å². The molecule has 0 aromatic carbocycles. The molecule has 0 saturated carbocycles. The van der Waals surface area contributed by atoms with Crippen LogP contribution in [0.3, 0.4) is 0 Å². The third-order valence-electron chi connectivity index (χ3n) is 2.16. The summed E-state index contributed by atoms with van der Waals surface area (Å²) in [5, 5.41) is 11.9. The zero-order valence-electron chi connectivity index (χ0n) is 8.53. The van der Waals surface area contributed by atoms with Crippen molar-refractivity contribution >= 4 is 5.97 Å². The van der Waals surface area contributed by atoms with Gasteiger partial charge in [-0.05, 0) is 6.42 Å². The van der Waals surface area contributed by atoms with E-state index in [0.717, 1.165) is 19.5 Å². The number of hydrogen-bond donors (Lipinski definition) is 2. The molecule has 1 fully saturated rings. The van der Waals surface area contributed by atoms with Crippen LogP contribution in [0.15, 0.2) is 0 Å². The fourth-order valence-electron chi connectivity index (χ4n) is 1.57. The minimum Gasteiger partial charge on any atom is -0.480 e. The lowest BCUT2D eigenvalue weighted by Gasteiger charge is -2.33. The van der Waals surface area contributed by atoms with Crippen molar-refractivity contribution in [2.24, 2.45) is 0 Å². The van der Waals surface area contributed by atoms with Gasteiger partial charge in [0.15, 0.2) is 0 Å². The van der Waals surface area contributed by atoms with Gasteiger partial charge in [0.05, 0.1) is 13.2 Å². The minimum atomic E-state index is -0.798. The largest absolute Gasteiger partial charge is 0.480 e. The molecule has 1 atom stereocenters. The maximum atomic E-state index is 10.6. The highest BCUT2D eigenvalue weighted by Gasteiger charge is 2.22. The van der Waals surface area contributed by atoms with Gasteiger partial charge < -0.3 is 15.2 Å². The van der Waals surface area contributed by atoms with Crippen molar-refractivity contribution in [1.29, 1.82) is 0 Å². The Morgan fingerprint density at radius 3 is 3.00 bits per heavy atom. The molecule has 14 heavy (non-hydrogen) atoms. The van der Waals surface area contributed by atoms with Crippen LogP contribution < -0.4 is 5.32 Å². The molecule has 1 heterocycles. The Labute approximate surface area is 84.0 Å². The lowest BCUT2D eigenvalue weighted by Crippen LogP contribution is -2.50. The van der Waals surface area contributed by atoms with Crippen LogP contribution in [-0.4, -0.2) is 55.0 Å². The van der Waals surface area contributed by atoms with Crippen LogP contribution in [0.25, 0.3) is 0 Å². The summed E-state index contributed by atoms with van der Waals surface area (Å²) in [6, 6.07) is 0. The van der Waals surface area contributed by atoms with Crippen molar-refractivity contribution in [3.8, 4) is 0 Å². The van der Waals surface area contributed by atoms with Gasteiger partial charge >= 0.3 is 5.97 Å². The van der Waals surface area contributed by atoms with E-state index in [1.807, 2.05) is 11.8 Å². The molecule has 0 spiro atoms. The summed E-state index contributed by atoms with van der Waals surface area (Å²) in [6.07, 6.45) is 0.854. The van der Waals surface area contributed by atoms with Gasteiger partial charge in [-0.25, -0.2) is 0 Å². The topological polar surface area (TPSA) is 61.8 Å². The van der Waals surface area contributed by atoms with Gasteiger partial charge in [-0.15, -0.1) is 0 Å². The van der Waals surface area contributed by atoms with E-state index >= 15 is 0 Å². The quantitative estimate of drug-likeness (QED) is 0.642. The van der Waals surface area contributed by atoms with Gasteiger partial charge in [0.1, 0.15) is 6.23 Å². The van der Waals surface area contributed by atoms with Crippen LogP contribution in [0.5, 0.6) is 0 Å². The molecular weight excluding hydrogens is 184 g/mol. The second-order valence-electron chi connectivity index (χ2n) is 3.39. The minimum absolute atomic E-state index is 0.0557. The number of carbonyl (C=O) groups is 1. The lowest BCUT2D eigenvalue weighted by atomic mass is 10.3.